The molecule has 1 aromatic carbocycles. The summed E-state index contributed by atoms with van der Waals surface area (Å²) in [5.74, 6) is 0. The molecule has 4 heterocycles. The summed E-state index contributed by atoms with van der Waals surface area (Å²) in [5.41, 5.74) is 3.79. The van der Waals surface area contributed by atoms with Crippen molar-refractivity contribution < 1.29 is 0 Å². The molecule has 0 unspecified atom stereocenters. The second-order valence-corrected chi connectivity index (χ2v) is 5.08. The monoisotopic (exact) mass is 270 g/mol. The first-order valence-corrected chi connectivity index (χ1v) is 6.82. The van der Waals surface area contributed by atoms with Crippen molar-refractivity contribution in [3.8, 4) is 0 Å². The van der Waals surface area contributed by atoms with E-state index in [2.05, 4.69) is 28.3 Å². The zero-order chi connectivity index (χ0) is 13.8. The van der Waals surface area contributed by atoms with Crippen molar-refractivity contribution in [2.45, 2.75) is 0 Å². The number of rotatable bonds is 0. The fourth-order valence-electron chi connectivity index (χ4n) is 2.94. The fraction of sp³-hybridized carbons (Fsp3) is 0. The molecule has 21 heavy (non-hydrogen) atoms. The van der Waals surface area contributed by atoms with Crippen LogP contribution in [0.2, 0.25) is 0 Å². The Kier molecular flexibility index (Phi) is 1.92. The maximum Gasteiger partial charge on any atom is 0.162 e. The topological polar surface area (TPSA) is 43.1 Å². The van der Waals surface area contributed by atoms with Crippen LogP contribution in [-0.4, -0.2) is 19.6 Å². The smallest absolute Gasteiger partial charge is 0.162 e. The lowest BCUT2D eigenvalue weighted by Gasteiger charge is -2.07. The molecule has 0 aliphatic rings. The Labute approximate surface area is 119 Å². The van der Waals surface area contributed by atoms with Gasteiger partial charge in [0.05, 0.1) is 22.7 Å². The van der Waals surface area contributed by atoms with Crippen LogP contribution in [0, 0.1) is 0 Å². The quantitative estimate of drug-likeness (QED) is 0.319. The van der Waals surface area contributed by atoms with Crippen molar-refractivity contribution in [2.24, 2.45) is 0 Å². The number of para-hydroxylation sites is 1. The van der Waals surface area contributed by atoms with Gasteiger partial charge in [-0.2, -0.15) is 5.10 Å². The molecule has 0 aliphatic heterocycles. The maximum atomic E-state index is 4.80. The van der Waals surface area contributed by atoms with Gasteiger partial charge < -0.3 is 0 Å². The number of hydrogen-bond acceptors (Lipinski definition) is 3. The van der Waals surface area contributed by atoms with E-state index in [0.717, 1.165) is 38.4 Å². The number of benzene rings is 1. The normalized spacial score (nSPS) is 11.8. The lowest BCUT2D eigenvalue weighted by molar-refractivity contribution is 0.990. The number of pyridine rings is 3. The predicted molar refractivity (Wildman–Crippen MR) is 83.3 cm³/mol. The van der Waals surface area contributed by atoms with E-state index in [1.165, 1.54) is 0 Å². The van der Waals surface area contributed by atoms with E-state index in [9.17, 15) is 0 Å². The SMILES string of the molecule is c1ccc2nc3c(cc2c1)c1cccnc1c1ccnn13. The molecule has 4 aromatic heterocycles. The Balaban J connectivity index is 2.18. The molecule has 0 radical (unpaired) electrons. The zero-order valence-corrected chi connectivity index (χ0v) is 11.1. The molecule has 98 valence electrons. The molecule has 0 bridgehead atoms. The fourth-order valence-corrected chi connectivity index (χ4v) is 2.94. The molecule has 0 spiro atoms. The van der Waals surface area contributed by atoms with E-state index < -0.39 is 0 Å². The van der Waals surface area contributed by atoms with Gasteiger partial charge in [0.25, 0.3) is 0 Å². The molecule has 0 atom stereocenters. The molecule has 5 rings (SSSR count). The summed E-state index contributed by atoms with van der Waals surface area (Å²) >= 11 is 0. The van der Waals surface area contributed by atoms with Crippen LogP contribution in [0.5, 0.6) is 0 Å². The Hall–Kier alpha value is -3.01. The summed E-state index contributed by atoms with van der Waals surface area (Å²) < 4.78 is 1.87. The third-order valence-corrected chi connectivity index (χ3v) is 3.89. The van der Waals surface area contributed by atoms with Gasteiger partial charge in [0.15, 0.2) is 5.65 Å². The van der Waals surface area contributed by atoms with Gasteiger partial charge >= 0.3 is 0 Å². The first kappa shape index (κ1) is 10.7. The summed E-state index contributed by atoms with van der Waals surface area (Å²) in [5, 5.41) is 7.73. The standard InChI is InChI=1S/C17H10N4/c1-2-6-14-11(4-1)10-13-12-5-3-8-18-16(12)15-7-9-19-21(15)17(13)20-14/h1-10H. The molecule has 0 fully saturated rings. The third kappa shape index (κ3) is 1.36. The van der Waals surface area contributed by atoms with E-state index >= 15 is 0 Å². The third-order valence-electron chi connectivity index (χ3n) is 3.89. The summed E-state index contributed by atoms with van der Waals surface area (Å²) in [7, 11) is 0. The van der Waals surface area contributed by atoms with Gasteiger partial charge in [-0.3, -0.25) is 4.98 Å². The minimum Gasteiger partial charge on any atom is -0.254 e. The van der Waals surface area contributed by atoms with E-state index in [1.807, 2.05) is 41.0 Å². The predicted octanol–water partition coefficient (Wildman–Crippen LogP) is 3.58. The van der Waals surface area contributed by atoms with Crippen LogP contribution in [0.15, 0.2) is 60.9 Å². The highest BCUT2D eigenvalue weighted by Gasteiger charge is 2.11. The van der Waals surface area contributed by atoms with E-state index in [0.29, 0.717) is 0 Å². The Morgan fingerprint density at radius 2 is 1.81 bits per heavy atom. The van der Waals surface area contributed by atoms with Crippen molar-refractivity contribution in [1.29, 1.82) is 0 Å². The number of aromatic nitrogens is 4. The van der Waals surface area contributed by atoms with Crippen LogP contribution in [0.25, 0.3) is 38.4 Å². The molecular weight excluding hydrogens is 260 g/mol. The van der Waals surface area contributed by atoms with E-state index in [4.69, 9.17) is 4.98 Å². The Bertz CT molecular complexity index is 1140. The largest absolute Gasteiger partial charge is 0.254 e. The highest BCUT2D eigenvalue weighted by atomic mass is 15.2. The average Bonchev–Trinajstić information content (AvgIpc) is 3.03. The van der Waals surface area contributed by atoms with Gasteiger partial charge in [-0.15, -0.1) is 0 Å². The van der Waals surface area contributed by atoms with Crippen molar-refractivity contribution >= 4 is 38.4 Å². The number of hydrogen-bond donors (Lipinski definition) is 0. The van der Waals surface area contributed by atoms with Gasteiger partial charge in [0, 0.05) is 22.4 Å². The first-order chi connectivity index (χ1) is 10.4. The second-order valence-electron chi connectivity index (χ2n) is 5.08. The second kappa shape index (κ2) is 3.76. The van der Waals surface area contributed by atoms with Gasteiger partial charge in [-0.1, -0.05) is 24.3 Å². The van der Waals surface area contributed by atoms with Crippen LogP contribution >= 0.6 is 0 Å². The van der Waals surface area contributed by atoms with Crippen LogP contribution in [0.4, 0.5) is 0 Å². The number of fused-ring (bicyclic) bond motifs is 7. The van der Waals surface area contributed by atoms with Crippen molar-refractivity contribution in [1.82, 2.24) is 19.6 Å². The van der Waals surface area contributed by atoms with Gasteiger partial charge in [0.2, 0.25) is 0 Å². The Morgan fingerprint density at radius 1 is 0.857 bits per heavy atom. The van der Waals surface area contributed by atoms with Crippen molar-refractivity contribution in [3.05, 3.63) is 60.9 Å². The molecule has 0 saturated carbocycles. The molecule has 5 aromatic rings. The summed E-state index contributed by atoms with van der Waals surface area (Å²) in [6.07, 6.45) is 3.61. The molecule has 0 amide bonds. The first-order valence-electron chi connectivity index (χ1n) is 6.82. The Morgan fingerprint density at radius 3 is 2.81 bits per heavy atom. The molecule has 0 saturated heterocycles. The zero-order valence-electron chi connectivity index (χ0n) is 11.1. The summed E-state index contributed by atoms with van der Waals surface area (Å²) in [4.78, 5) is 9.32. The molecule has 0 N–H and O–H groups in total. The highest BCUT2D eigenvalue weighted by molar-refractivity contribution is 6.11. The van der Waals surface area contributed by atoms with Gasteiger partial charge in [-0.25, -0.2) is 9.50 Å². The van der Waals surface area contributed by atoms with Crippen molar-refractivity contribution in [3.63, 3.8) is 0 Å². The number of nitrogens with zero attached hydrogens (tertiary/aromatic N) is 4. The van der Waals surface area contributed by atoms with Crippen LogP contribution in [-0.2, 0) is 0 Å². The average molecular weight is 270 g/mol. The molecular formula is C17H10N4. The molecule has 0 aliphatic carbocycles. The van der Waals surface area contributed by atoms with E-state index in [1.54, 1.807) is 6.20 Å². The molecule has 4 heteroatoms. The minimum absolute atomic E-state index is 0.870. The highest BCUT2D eigenvalue weighted by Crippen LogP contribution is 2.28. The maximum absolute atomic E-state index is 4.80. The van der Waals surface area contributed by atoms with Crippen LogP contribution < -0.4 is 0 Å². The lowest BCUT2D eigenvalue weighted by Crippen LogP contribution is -1.96. The summed E-state index contributed by atoms with van der Waals surface area (Å²) in [6, 6.07) is 16.3. The summed E-state index contributed by atoms with van der Waals surface area (Å²) in [6.45, 7) is 0. The van der Waals surface area contributed by atoms with Gasteiger partial charge in [-0.05, 0) is 24.3 Å². The molecule has 4 nitrogen and oxygen atoms in total. The van der Waals surface area contributed by atoms with Crippen molar-refractivity contribution in [2.75, 3.05) is 0 Å². The van der Waals surface area contributed by atoms with Gasteiger partial charge in [0.1, 0.15) is 0 Å². The van der Waals surface area contributed by atoms with Crippen LogP contribution in [0.3, 0.4) is 0 Å². The minimum atomic E-state index is 0.870. The lowest BCUT2D eigenvalue weighted by atomic mass is 10.1. The van der Waals surface area contributed by atoms with Crippen LogP contribution in [0.1, 0.15) is 0 Å². The van der Waals surface area contributed by atoms with E-state index in [-0.39, 0.29) is 0 Å².